The molecule has 7 heteroatoms. The molecule has 0 amide bonds. The van der Waals surface area contributed by atoms with Crippen LogP contribution in [0.3, 0.4) is 0 Å². The van der Waals surface area contributed by atoms with Gasteiger partial charge in [-0.2, -0.15) is 0 Å². The van der Waals surface area contributed by atoms with Crippen LogP contribution in [0.5, 0.6) is 0 Å². The van der Waals surface area contributed by atoms with Crippen molar-refractivity contribution in [1.29, 1.82) is 0 Å². The van der Waals surface area contributed by atoms with Gasteiger partial charge in [-0.25, -0.2) is 4.98 Å². The molecule has 2 aromatic heterocycles. The van der Waals surface area contributed by atoms with Gasteiger partial charge in [0.15, 0.2) is 10.9 Å². The average Bonchev–Trinajstić information content (AvgIpc) is 3.06. The van der Waals surface area contributed by atoms with Gasteiger partial charge in [-0.3, -0.25) is 14.2 Å². The lowest BCUT2D eigenvalue weighted by Crippen LogP contribution is -2.22. The number of ketones is 1. The molecular weight excluding hydrogens is 388 g/mol. The molecule has 0 saturated heterocycles. The lowest BCUT2D eigenvalue weighted by molar-refractivity contribution is 0.102. The summed E-state index contributed by atoms with van der Waals surface area (Å²) in [6.45, 7) is 6.12. The molecule has 0 aliphatic carbocycles. The van der Waals surface area contributed by atoms with Crippen molar-refractivity contribution in [2.45, 2.75) is 25.0 Å². The topological polar surface area (TPSA) is 52.0 Å². The second-order valence-corrected chi connectivity index (χ2v) is 8.10. The number of rotatable bonds is 7. The van der Waals surface area contributed by atoms with Crippen molar-refractivity contribution < 1.29 is 4.79 Å². The number of halogens is 1. The Bertz CT molecular complexity index is 1040. The molecule has 0 aliphatic rings. The minimum Gasteiger partial charge on any atom is -0.293 e. The molecule has 1 aromatic carbocycles. The third-order valence-electron chi connectivity index (χ3n) is 3.81. The Hall–Kier alpha value is -1.89. The summed E-state index contributed by atoms with van der Waals surface area (Å²) in [5, 5.41) is 1.68. The summed E-state index contributed by atoms with van der Waals surface area (Å²) >= 11 is 8.73. The number of carbonyl (C=O) groups excluding carboxylic acids is 1. The molecule has 0 saturated carbocycles. The maximum Gasteiger partial charge on any atom is 0.263 e. The Balaban J connectivity index is 1.93. The van der Waals surface area contributed by atoms with Gasteiger partial charge in [-0.15, -0.1) is 17.9 Å². The predicted octanol–water partition coefficient (Wildman–Crippen LogP) is 4.83. The molecule has 0 unspecified atom stereocenters. The highest BCUT2D eigenvalue weighted by Gasteiger charge is 2.15. The Morgan fingerprint density at radius 2 is 2.23 bits per heavy atom. The van der Waals surface area contributed by atoms with E-state index in [1.54, 1.807) is 34.9 Å². The van der Waals surface area contributed by atoms with Gasteiger partial charge < -0.3 is 0 Å². The van der Waals surface area contributed by atoms with E-state index in [-0.39, 0.29) is 17.1 Å². The number of hydrogen-bond acceptors (Lipinski definition) is 5. The van der Waals surface area contributed by atoms with Gasteiger partial charge in [0, 0.05) is 22.0 Å². The van der Waals surface area contributed by atoms with E-state index in [0.29, 0.717) is 32.5 Å². The fourth-order valence-electron chi connectivity index (χ4n) is 2.50. The van der Waals surface area contributed by atoms with Crippen molar-refractivity contribution >= 4 is 50.7 Å². The number of fused-ring (bicyclic) bond motifs is 1. The molecule has 0 aliphatic heterocycles. The van der Waals surface area contributed by atoms with E-state index < -0.39 is 0 Å². The molecule has 0 radical (unpaired) electrons. The Kier molecular flexibility index (Phi) is 5.96. The number of Topliss-reactive ketones (excluding diaryl/α,β-unsaturated/α-hetero) is 1. The first-order valence-corrected chi connectivity index (χ1v) is 10.3. The van der Waals surface area contributed by atoms with E-state index in [9.17, 15) is 9.59 Å². The molecule has 0 bridgehead atoms. The Labute approximate surface area is 164 Å². The number of thioether (sulfide) groups is 1. The van der Waals surface area contributed by atoms with Crippen LogP contribution in [0.15, 0.2) is 52.9 Å². The van der Waals surface area contributed by atoms with E-state index in [1.807, 2.05) is 13.0 Å². The first-order valence-electron chi connectivity index (χ1n) is 8.09. The number of thiophene rings is 1. The SMILES string of the molecule is C=CCn1c(SCC(=O)c2cccc(Cl)c2)nc2sc(CC)cc2c1=O. The van der Waals surface area contributed by atoms with Crippen LogP contribution in [-0.2, 0) is 13.0 Å². The minimum absolute atomic E-state index is 0.0579. The monoisotopic (exact) mass is 404 g/mol. The molecule has 3 aromatic rings. The van der Waals surface area contributed by atoms with Crippen molar-refractivity contribution in [3.8, 4) is 0 Å². The molecule has 0 fully saturated rings. The smallest absolute Gasteiger partial charge is 0.263 e. The standard InChI is InChI=1S/C19H17ClN2O2S2/c1-3-8-22-18(24)15-10-14(4-2)26-17(15)21-19(22)25-11-16(23)12-6-5-7-13(20)9-12/h3,5-7,9-10H,1,4,8,11H2,2H3. The second-order valence-electron chi connectivity index (χ2n) is 5.61. The fraction of sp³-hybridized carbons (Fsp3) is 0.211. The normalized spacial score (nSPS) is 11.0. The first-order chi connectivity index (χ1) is 12.5. The molecular formula is C19H17ClN2O2S2. The van der Waals surface area contributed by atoms with Crippen LogP contribution in [0.25, 0.3) is 10.2 Å². The van der Waals surface area contributed by atoms with Gasteiger partial charge in [-0.1, -0.05) is 48.5 Å². The summed E-state index contributed by atoms with van der Waals surface area (Å²) in [5.74, 6) is 0.124. The van der Waals surface area contributed by atoms with Gasteiger partial charge >= 0.3 is 0 Å². The van der Waals surface area contributed by atoms with Crippen molar-refractivity contribution in [1.82, 2.24) is 9.55 Å². The van der Waals surface area contributed by atoms with Gasteiger partial charge in [-0.05, 0) is 24.6 Å². The van der Waals surface area contributed by atoms with Gasteiger partial charge in [0.1, 0.15) is 4.83 Å². The molecule has 2 heterocycles. The largest absolute Gasteiger partial charge is 0.293 e. The zero-order valence-electron chi connectivity index (χ0n) is 14.2. The van der Waals surface area contributed by atoms with Crippen LogP contribution < -0.4 is 5.56 Å². The number of carbonyl (C=O) groups is 1. The summed E-state index contributed by atoms with van der Waals surface area (Å²) in [6.07, 6.45) is 2.52. The zero-order valence-corrected chi connectivity index (χ0v) is 16.6. The average molecular weight is 405 g/mol. The maximum absolute atomic E-state index is 12.8. The number of allylic oxidation sites excluding steroid dienone is 1. The van der Waals surface area contributed by atoms with Crippen LogP contribution in [0, 0.1) is 0 Å². The summed E-state index contributed by atoms with van der Waals surface area (Å²) in [6, 6.07) is 8.75. The van der Waals surface area contributed by atoms with Crippen molar-refractivity contribution in [2.24, 2.45) is 0 Å². The van der Waals surface area contributed by atoms with E-state index in [0.717, 1.165) is 11.3 Å². The molecule has 134 valence electrons. The highest BCUT2D eigenvalue weighted by Crippen LogP contribution is 2.25. The lowest BCUT2D eigenvalue weighted by Gasteiger charge is -2.09. The van der Waals surface area contributed by atoms with Gasteiger partial charge in [0.25, 0.3) is 5.56 Å². The molecule has 0 spiro atoms. The number of hydrogen-bond donors (Lipinski definition) is 0. The van der Waals surface area contributed by atoms with E-state index in [1.165, 1.54) is 23.1 Å². The lowest BCUT2D eigenvalue weighted by atomic mass is 10.1. The van der Waals surface area contributed by atoms with E-state index in [4.69, 9.17) is 11.6 Å². The van der Waals surface area contributed by atoms with E-state index in [2.05, 4.69) is 11.6 Å². The molecule has 26 heavy (non-hydrogen) atoms. The summed E-state index contributed by atoms with van der Waals surface area (Å²) < 4.78 is 1.57. The summed E-state index contributed by atoms with van der Waals surface area (Å²) in [5.41, 5.74) is 0.455. The quantitative estimate of drug-likeness (QED) is 0.245. The van der Waals surface area contributed by atoms with Crippen LogP contribution in [-0.4, -0.2) is 21.1 Å². The van der Waals surface area contributed by atoms with E-state index >= 15 is 0 Å². The van der Waals surface area contributed by atoms with Crippen LogP contribution >= 0.6 is 34.7 Å². The number of benzene rings is 1. The second kappa shape index (κ2) is 8.20. The number of aryl methyl sites for hydroxylation is 1. The molecule has 0 N–H and O–H groups in total. The van der Waals surface area contributed by atoms with Crippen LogP contribution in [0.2, 0.25) is 5.02 Å². The molecule has 4 nitrogen and oxygen atoms in total. The third-order valence-corrected chi connectivity index (χ3v) is 6.19. The highest BCUT2D eigenvalue weighted by atomic mass is 35.5. The summed E-state index contributed by atoms with van der Waals surface area (Å²) in [4.78, 5) is 31.7. The fourth-order valence-corrected chi connectivity index (χ4v) is 4.60. The van der Waals surface area contributed by atoms with Crippen molar-refractivity contribution in [3.63, 3.8) is 0 Å². The summed E-state index contributed by atoms with van der Waals surface area (Å²) in [7, 11) is 0. The van der Waals surface area contributed by atoms with Crippen molar-refractivity contribution in [3.05, 3.63) is 68.8 Å². The zero-order chi connectivity index (χ0) is 18.7. The minimum atomic E-state index is -0.0939. The Morgan fingerprint density at radius 1 is 1.42 bits per heavy atom. The maximum atomic E-state index is 12.8. The third kappa shape index (κ3) is 3.92. The van der Waals surface area contributed by atoms with Gasteiger partial charge in [0.05, 0.1) is 11.1 Å². The predicted molar refractivity (Wildman–Crippen MR) is 110 cm³/mol. The first kappa shape index (κ1) is 18.9. The van der Waals surface area contributed by atoms with Crippen LogP contribution in [0.1, 0.15) is 22.2 Å². The highest BCUT2D eigenvalue weighted by molar-refractivity contribution is 7.99. The van der Waals surface area contributed by atoms with Gasteiger partial charge in [0.2, 0.25) is 0 Å². The van der Waals surface area contributed by atoms with Crippen molar-refractivity contribution in [2.75, 3.05) is 5.75 Å². The number of aromatic nitrogens is 2. The molecule has 0 atom stereocenters. The number of nitrogens with zero attached hydrogens (tertiary/aromatic N) is 2. The van der Waals surface area contributed by atoms with Crippen LogP contribution in [0.4, 0.5) is 0 Å². The Morgan fingerprint density at radius 3 is 2.92 bits per heavy atom. The molecule has 3 rings (SSSR count).